The summed E-state index contributed by atoms with van der Waals surface area (Å²) < 4.78 is 0. The Kier molecular flexibility index (Phi) is 3.54. The lowest BCUT2D eigenvalue weighted by Crippen LogP contribution is -2.62. The van der Waals surface area contributed by atoms with Crippen LogP contribution in [0, 0.1) is 4.91 Å². The van der Waals surface area contributed by atoms with Crippen molar-refractivity contribution in [3.8, 4) is 0 Å². The molecule has 1 aliphatic rings. The molecule has 0 saturated carbocycles. The number of nitrogens with zero attached hydrogens (tertiary/aromatic N) is 2. The molecule has 0 aliphatic carbocycles. The van der Waals surface area contributed by atoms with Crippen LogP contribution in [0.25, 0.3) is 0 Å². The number of nitroso groups, excluding NO2 is 1. The molecule has 0 spiro atoms. The average molecular weight is 204 g/mol. The van der Waals surface area contributed by atoms with Crippen molar-refractivity contribution >= 4 is 0 Å². The predicted molar refractivity (Wildman–Crippen MR) is 49.7 cm³/mol. The maximum atomic E-state index is 10.3. The topological polar surface area (TPSA) is 93.4 Å². The Hall–Kier alpha value is -0.560. The number of aliphatic hydroxyl groups is 3. The molecule has 3 N–H and O–H groups in total. The number of likely N-dealkylation sites (N-methyl/N-ethyl adjacent to an activating group) is 1. The van der Waals surface area contributed by atoms with Crippen molar-refractivity contribution in [2.24, 2.45) is 5.18 Å². The fraction of sp³-hybridized carbons (Fsp3) is 1.00. The Bertz CT molecular complexity index is 212. The molecule has 4 unspecified atom stereocenters. The molecule has 0 bridgehead atoms. The van der Waals surface area contributed by atoms with Crippen LogP contribution in [0.15, 0.2) is 5.18 Å². The number of aliphatic hydroxyl groups excluding tert-OH is 3. The highest BCUT2D eigenvalue weighted by molar-refractivity contribution is 4.98. The molecule has 0 aromatic carbocycles. The molecule has 5 atom stereocenters. The van der Waals surface area contributed by atoms with Crippen LogP contribution in [0.4, 0.5) is 0 Å². The molecule has 6 nitrogen and oxygen atoms in total. The monoisotopic (exact) mass is 204 g/mol. The fourth-order valence-corrected chi connectivity index (χ4v) is 1.96. The number of hydrogen-bond acceptors (Lipinski definition) is 6. The van der Waals surface area contributed by atoms with Crippen molar-refractivity contribution in [2.75, 3.05) is 13.6 Å². The van der Waals surface area contributed by atoms with E-state index in [1.165, 1.54) is 6.92 Å². The Labute approximate surface area is 82.1 Å². The summed E-state index contributed by atoms with van der Waals surface area (Å²) in [5, 5.41) is 31.2. The molecule has 82 valence electrons. The van der Waals surface area contributed by atoms with Gasteiger partial charge in [-0.15, -0.1) is 0 Å². The molecule has 1 rings (SSSR count). The molecule has 1 fully saturated rings. The molecule has 0 aromatic rings. The molecular formula is C8H16N2O4. The van der Waals surface area contributed by atoms with Gasteiger partial charge >= 0.3 is 0 Å². The fourth-order valence-electron chi connectivity index (χ4n) is 1.96. The summed E-state index contributed by atoms with van der Waals surface area (Å²) in [5.74, 6) is 0. The predicted octanol–water partition coefficient (Wildman–Crippen LogP) is -1.46. The molecular weight excluding hydrogens is 188 g/mol. The zero-order valence-electron chi connectivity index (χ0n) is 8.24. The van der Waals surface area contributed by atoms with Gasteiger partial charge in [0.1, 0.15) is 18.2 Å². The summed E-state index contributed by atoms with van der Waals surface area (Å²) in [6, 6.07) is -1.38. The van der Waals surface area contributed by atoms with Crippen molar-refractivity contribution in [1.82, 2.24) is 4.90 Å². The highest BCUT2D eigenvalue weighted by atomic mass is 16.3. The van der Waals surface area contributed by atoms with Crippen molar-refractivity contribution in [2.45, 2.75) is 37.3 Å². The largest absolute Gasteiger partial charge is 0.392 e. The second kappa shape index (κ2) is 4.31. The first-order valence-corrected chi connectivity index (χ1v) is 4.56. The van der Waals surface area contributed by atoms with Crippen LogP contribution in [0.2, 0.25) is 0 Å². The number of likely N-dealkylation sites (tertiary alicyclic amines) is 1. The van der Waals surface area contributed by atoms with Gasteiger partial charge in [0.2, 0.25) is 0 Å². The molecule has 1 aliphatic heterocycles. The van der Waals surface area contributed by atoms with E-state index in [0.29, 0.717) is 0 Å². The third-order valence-corrected chi connectivity index (χ3v) is 2.71. The maximum Gasteiger partial charge on any atom is 0.133 e. The van der Waals surface area contributed by atoms with Crippen LogP contribution >= 0.6 is 0 Å². The van der Waals surface area contributed by atoms with Crippen LogP contribution in [-0.2, 0) is 0 Å². The minimum atomic E-state index is -1.19. The third-order valence-electron chi connectivity index (χ3n) is 2.71. The molecule has 1 heterocycles. The lowest BCUT2D eigenvalue weighted by atomic mass is 9.90. The molecule has 0 amide bonds. The van der Waals surface area contributed by atoms with E-state index in [2.05, 4.69) is 5.18 Å². The van der Waals surface area contributed by atoms with Gasteiger partial charge in [-0.1, -0.05) is 5.18 Å². The Morgan fingerprint density at radius 2 is 2.00 bits per heavy atom. The lowest BCUT2D eigenvalue weighted by molar-refractivity contribution is -0.109. The third kappa shape index (κ3) is 1.93. The molecule has 0 radical (unpaired) electrons. The van der Waals surface area contributed by atoms with Crippen LogP contribution in [0.1, 0.15) is 6.92 Å². The first kappa shape index (κ1) is 11.5. The normalized spacial score (nSPS) is 42.1. The van der Waals surface area contributed by atoms with Crippen LogP contribution in [0.5, 0.6) is 0 Å². The van der Waals surface area contributed by atoms with Gasteiger partial charge in [-0.3, -0.25) is 4.90 Å². The van der Waals surface area contributed by atoms with E-state index in [9.17, 15) is 20.2 Å². The standard InChI is InChI=1S/C8H16N2O4/c1-4(11)6-8(13)7(12)5(9-14)3-10(6)2/h4-8,11-13H,3H2,1-2H3/t4?,5?,6-,7?,8?/m1/s1. The number of rotatable bonds is 2. The van der Waals surface area contributed by atoms with Crippen molar-refractivity contribution in [3.05, 3.63) is 4.91 Å². The average Bonchev–Trinajstić information content (AvgIpc) is 2.10. The highest BCUT2D eigenvalue weighted by Crippen LogP contribution is 2.21. The smallest absolute Gasteiger partial charge is 0.133 e. The van der Waals surface area contributed by atoms with E-state index >= 15 is 0 Å². The van der Waals surface area contributed by atoms with Gasteiger partial charge in [-0.05, 0) is 14.0 Å². The first-order chi connectivity index (χ1) is 6.49. The summed E-state index contributed by atoms with van der Waals surface area (Å²) in [5.41, 5.74) is 0. The van der Waals surface area contributed by atoms with Gasteiger partial charge in [0.15, 0.2) is 0 Å². The summed E-state index contributed by atoms with van der Waals surface area (Å²) in [7, 11) is 1.67. The Balaban J connectivity index is 2.78. The number of piperidine rings is 1. The van der Waals surface area contributed by atoms with Crippen molar-refractivity contribution < 1.29 is 15.3 Å². The second-order valence-electron chi connectivity index (χ2n) is 3.82. The first-order valence-electron chi connectivity index (χ1n) is 4.56. The number of hydrogen-bond donors (Lipinski definition) is 3. The van der Waals surface area contributed by atoms with Crippen molar-refractivity contribution in [3.63, 3.8) is 0 Å². The van der Waals surface area contributed by atoms with E-state index in [1.54, 1.807) is 11.9 Å². The summed E-state index contributed by atoms with van der Waals surface area (Å²) >= 11 is 0. The quantitative estimate of drug-likeness (QED) is 0.478. The SMILES string of the molecule is CC(O)[C@@H]1C(O)C(O)C(N=O)CN1C. The van der Waals surface area contributed by atoms with Gasteiger partial charge in [-0.25, -0.2) is 0 Å². The van der Waals surface area contributed by atoms with E-state index in [-0.39, 0.29) is 6.54 Å². The Morgan fingerprint density at radius 3 is 2.43 bits per heavy atom. The Morgan fingerprint density at radius 1 is 1.43 bits per heavy atom. The van der Waals surface area contributed by atoms with Crippen LogP contribution in [0.3, 0.4) is 0 Å². The van der Waals surface area contributed by atoms with E-state index in [0.717, 1.165) is 0 Å². The van der Waals surface area contributed by atoms with E-state index in [4.69, 9.17) is 0 Å². The van der Waals surface area contributed by atoms with Gasteiger partial charge < -0.3 is 15.3 Å². The van der Waals surface area contributed by atoms with Gasteiger partial charge in [0.05, 0.1) is 12.1 Å². The second-order valence-corrected chi connectivity index (χ2v) is 3.82. The minimum absolute atomic E-state index is 0.247. The maximum absolute atomic E-state index is 10.3. The van der Waals surface area contributed by atoms with E-state index in [1.807, 2.05) is 0 Å². The van der Waals surface area contributed by atoms with Crippen LogP contribution in [-0.4, -0.2) is 64.2 Å². The zero-order chi connectivity index (χ0) is 10.9. The summed E-state index contributed by atoms with van der Waals surface area (Å²) in [4.78, 5) is 12.0. The van der Waals surface area contributed by atoms with Gasteiger partial charge in [0, 0.05) is 6.54 Å². The summed E-state index contributed by atoms with van der Waals surface area (Å²) in [6.07, 6.45) is -3.10. The van der Waals surface area contributed by atoms with E-state index < -0.39 is 30.4 Å². The molecule has 6 heteroatoms. The lowest BCUT2D eigenvalue weighted by Gasteiger charge is -2.42. The van der Waals surface area contributed by atoms with Gasteiger partial charge in [-0.2, -0.15) is 4.91 Å². The highest BCUT2D eigenvalue weighted by Gasteiger charge is 2.43. The van der Waals surface area contributed by atoms with Crippen molar-refractivity contribution in [1.29, 1.82) is 0 Å². The summed E-state index contributed by atoms with van der Waals surface area (Å²) in [6.45, 7) is 1.78. The molecule has 0 aromatic heterocycles. The molecule has 14 heavy (non-hydrogen) atoms. The van der Waals surface area contributed by atoms with Gasteiger partial charge in [0.25, 0.3) is 0 Å². The molecule has 1 saturated heterocycles. The minimum Gasteiger partial charge on any atom is -0.392 e. The zero-order valence-corrected chi connectivity index (χ0v) is 8.24. The van der Waals surface area contributed by atoms with Crippen LogP contribution < -0.4 is 0 Å².